The molecule has 0 aliphatic carbocycles. The molecule has 0 unspecified atom stereocenters. The van der Waals surface area contributed by atoms with Gasteiger partial charge in [0.2, 0.25) is 0 Å². The van der Waals surface area contributed by atoms with E-state index in [1.807, 2.05) is 0 Å². The normalized spacial score (nSPS) is 16.4. The van der Waals surface area contributed by atoms with Gasteiger partial charge in [-0.3, -0.25) is 14.5 Å². The summed E-state index contributed by atoms with van der Waals surface area (Å²) in [6, 6.07) is 0. The third-order valence-electron chi connectivity index (χ3n) is 1.84. The molecule has 1 heterocycles. The second-order valence-electron chi connectivity index (χ2n) is 2.93. The zero-order chi connectivity index (χ0) is 10.6. The molecule has 14 heavy (non-hydrogen) atoms. The topological polar surface area (TPSA) is 55.8 Å². The molecule has 0 bridgehead atoms. The van der Waals surface area contributed by atoms with Crippen LogP contribution in [0.1, 0.15) is 6.92 Å². The Morgan fingerprint density at radius 2 is 2.07 bits per heavy atom. The number of carbonyl (C=O) groups is 2. The maximum absolute atomic E-state index is 11.3. The summed E-state index contributed by atoms with van der Waals surface area (Å²) >= 11 is 0. The van der Waals surface area contributed by atoms with Gasteiger partial charge in [-0.05, 0) is 6.92 Å². The van der Waals surface area contributed by atoms with Gasteiger partial charge < -0.3 is 9.47 Å². The van der Waals surface area contributed by atoms with E-state index < -0.39 is 0 Å². The molecule has 0 atom stereocenters. The molecule has 5 nitrogen and oxygen atoms in total. The number of hydrogen-bond donors (Lipinski definition) is 0. The highest BCUT2D eigenvalue weighted by atomic mass is 16.5. The zero-order valence-corrected chi connectivity index (χ0v) is 8.28. The minimum Gasteiger partial charge on any atom is -0.382 e. The predicted molar refractivity (Wildman–Crippen MR) is 48.3 cm³/mol. The van der Waals surface area contributed by atoms with Crippen LogP contribution in [0.25, 0.3) is 0 Å². The number of imide groups is 1. The van der Waals surface area contributed by atoms with Crippen LogP contribution in [0.15, 0.2) is 11.6 Å². The van der Waals surface area contributed by atoms with E-state index in [-0.39, 0.29) is 18.5 Å². The SMILES string of the molecule is COCCOCN1C(=O)C=C(C)C1=O. The monoisotopic (exact) mass is 199 g/mol. The van der Waals surface area contributed by atoms with Crippen molar-refractivity contribution in [3.63, 3.8) is 0 Å². The van der Waals surface area contributed by atoms with E-state index in [2.05, 4.69) is 0 Å². The van der Waals surface area contributed by atoms with Crippen molar-refractivity contribution < 1.29 is 19.1 Å². The molecular formula is C9H13NO4. The van der Waals surface area contributed by atoms with Crippen LogP contribution in [0.5, 0.6) is 0 Å². The summed E-state index contributed by atoms with van der Waals surface area (Å²) in [6.45, 7) is 2.42. The molecule has 0 radical (unpaired) electrons. The molecule has 0 aromatic rings. The standard InChI is InChI=1S/C9H13NO4/c1-7-5-8(11)10(9(7)12)6-14-4-3-13-2/h5H,3-4,6H2,1-2H3. The average Bonchev–Trinajstić information content (AvgIpc) is 2.38. The lowest BCUT2D eigenvalue weighted by molar-refractivity contribution is -0.143. The van der Waals surface area contributed by atoms with Crippen LogP contribution in [0, 0.1) is 0 Å². The Morgan fingerprint density at radius 1 is 1.36 bits per heavy atom. The fraction of sp³-hybridized carbons (Fsp3) is 0.556. The number of nitrogens with zero attached hydrogens (tertiary/aromatic N) is 1. The minimum atomic E-state index is -0.315. The van der Waals surface area contributed by atoms with Crippen molar-refractivity contribution in [2.75, 3.05) is 27.1 Å². The number of carbonyl (C=O) groups excluding carboxylic acids is 2. The van der Waals surface area contributed by atoms with Gasteiger partial charge in [-0.25, -0.2) is 0 Å². The molecule has 5 heteroatoms. The molecular weight excluding hydrogens is 186 g/mol. The molecule has 0 N–H and O–H groups in total. The highest BCUT2D eigenvalue weighted by Crippen LogP contribution is 2.11. The summed E-state index contributed by atoms with van der Waals surface area (Å²) in [5.74, 6) is -0.600. The molecule has 78 valence electrons. The van der Waals surface area contributed by atoms with Crippen molar-refractivity contribution in [2.24, 2.45) is 0 Å². The van der Waals surface area contributed by atoms with Crippen LogP contribution in [0.2, 0.25) is 0 Å². The molecule has 0 saturated carbocycles. The summed E-state index contributed by atoms with van der Waals surface area (Å²) < 4.78 is 9.83. The predicted octanol–water partition coefficient (Wildman–Crippen LogP) is -0.0780. The lowest BCUT2D eigenvalue weighted by Gasteiger charge is -2.13. The third kappa shape index (κ3) is 2.40. The van der Waals surface area contributed by atoms with E-state index in [0.29, 0.717) is 18.8 Å². The van der Waals surface area contributed by atoms with Crippen molar-refractivity contribution in [2.45, 2.75) is 6.92 Å². The van der Waals surface area contributed by atoms with E-state index in [1.54, 1.807) is 14.0 Å². The largest absolute Gasteiger partial charge is 0.382 e. The maximum Gasteiger partial charge on any atom is 0.258 e. The van der Waals surface area contributed by atoms with Crippen LogP contribution in [-0.2, 0) is 19.1 Å². The Bertz CT molecular complexity index is 272. The molecule has 1 rings (SSSR count). The van der Waals surface area contributed by atoms with Crippen LogP contribution in [0.3, 0.4) is 0 Å². The number of hydrogen-bond acceptors (Lipinski definition) is 4. The second kappa shape index (κ2) is 4.88. The Hall–Kier alpha value is -1.20. The van der Waals surface area contributed by atoms with Crippen molar-refractivity contribution in [1.82, 2.24) is 4.90 Å². The first-order chi connectivity index (χ1) is 6.66. The van der Waals surface area contributed by atoms with Crippen molar-refractivity contribution in [1.29, 1.82) is 0 Å². The first kappa shape index (κ1) is 10.9. The molecule has 0 fully saturated rings. The van der Waals surface area contributed by atoms with Gasteiger partial charge in [-0.1, -0.05) is 0 Å². The lowest BCUT2D eigenvalue weighted by atomic mass is 10.3. The Balaban J connectivity index is 2.33. The van der Waals surface area contributed by atoms with Gasteiger partial charge in [0, 0.05) is 18.8 Å². The minimum absolute atomic E-state index is 0.00509. The molecule has 0 spiro atoms. The highest BCUT2D eigenvalue weighted by Gasteiger charge is 2.27. The summed E-state index contributed by atoms with van der Waals surface area (Å²) in [7, 11) is 1.56. The average molecular weight is 199 g/mol. The molecule has 1 aliphatic heterocycles. The fourth-order valence-corrected chi connectivity index (χ4v) is 1.06. The molecule has 0 aromatic heterocycles. The van der Waals surface area contributed by atoms with Gasteiger partial charge in [0.25, 0.3) is 11.8 Å². The number of ether oxygens (including phenoxy) is 2. The van der Waals surface area contributed by atoms with Gasteiger partial charge in [0.1, 0.15) is 6.73 Å². The van der Waals surface area contributed by atoms with E-state index in [4.69, 9.17) is 9.47 Å². The second-order valence-corrected chi connectivity index (χ2v) is 2.93. The summed E-state index contributed by atoms with van der Waals surface area (Å²) in [6.07, 6.45) is 1.31. The van der Waals surface area contributed by atoms with Crippen LogP contribution >= 0.6 is 0 Å². The number of amides is 2. The Kier molecular flexibility index (Phi) is 3.79. The Morgan fingerprint density at radius 3 is 2.57 bits per heavy atom. The maximum atomic E-state index is 11.3. The van der Waals surface area contributed by atoms with E-state index in [9.17, 15) is 9.59 Å². The molecule has 1 aliphatic rings. The third-order valence-corrected chi connectivity index (χ3v) is 1.84. The van der Waals surface area contributed by atoms with Crippen molar-refractivity contribution in [3.8, 4) is 0 Å². The summed E-state index contributed by atoms with van der Waals surface area (Å²) in [5.41, 5.74) is 0.449. The first-order valence-electron chi connectivity index (χ1n) is 4.27. The van der Waals surface area contributed by atoms with E-state index >= 15 is 0 Å². The van der Waals surface area contributed by atoms with Gasteiger partial charge in [-0.15, -0.1) is 0 Å². The molecule has 0 saturated heterocycles. The van der Waals surface area contributed by atoms with Crippen LogP contribution < -0.4 is 0 Å². The van der Waals surface area contributed by atoms with Gasteiger partial charge in [-0.2, -0.15) is 0 Å². The van der Waals surface area contributed by atoms with Crippen molar-refractivity contribution in [3.05, 3.63) is 11.6 Å². The number of rotatable bonds is 5. The lowest BCUT2D eigenvalue weighted by Crippen LogP contribution is -2.33. The van der Waals surface area contributed by atoms with Crippen molar-refractivity contribution >= 4 is 11.8 Å². The Labute approximate surface area is 82.3 Å². The molecule has 0 aromatic carbocycles. The van der Waals surface area contributed by atoms with Crippen LogP contribution in [-0.4, -0.2) is 43.8 Å². The summed E-state index contributed by atoms with van der Waals surface area (Å²) in [5, 5.41) is 0. The molecule has 2 amide bonds. The fourth-order valence-electron chi connectivity index (χ4n) is 1.06. The van der Waals surface area contributed by atoms with Crippen LogP contribution in [0.4, 0.5) is 0 Å². The van der Waals surface area contributed by atoms with E-state index in [1.165, 1.54) is 6.08 Å². The highest BCUT2D eigenvalue weighted by molar-refractivity contribution is 6.15. The van der Waals surface area contributed by atoms with Gasteiger partial charge >= 0.3 is 0 Å². The number of methoxy groups -OCH3 is 1. The van der Waals surface area contributed by atoms with Gasteiger partial charge in [0.05, 0.1) is 13.2 Å². The first-order valence-corrected chi connectivity index (χ1v) is 4.27. The van der Waals surface area contributed by atoms with Gasteiger partial charge in [0.15, 0.2) is 0 Å². The smallest absolute Gasteiger partial charge is 0.258 e. The zero-order valence-electron chi connectivity index (χ0n) is 8.28. The summed E-state index contributed by atoms with van der Waals surface area (Å²) in [4.78, 5) is 23.5. The quantitative estimate of drug-likeness (QED) is 0.459. The van der Waals surface area contributed by atoms with E-state index in [0.717, 1.165) is 4.90 Å².